The van der Waals surface area contributed by atoms with Gasteiger partial charge in [0, 0.05) is 5.56 Å². The molecular formula is C14H10ClNO2. The smallest absolute Gasteiger partial charge is 0.177 e. The predicted octanol–water partition coefficient (Wildman–Crippen LogP) is 3.96. The highest BCUT2D eigenvalue weighted by Gasteiger charge is 2.17. The molecule has 2 aromatic rings. The van der Waals surface area contributed by atoms with Crippen molar-refractivity contribution in [2.75, 3.05) is 11.2 Å². The summed E-state index contributed by atoms with van der Waals surface area (Å²) in [7, 11) is 0. The van der Waals surface area contributed by atoms with Crippen molar-refractivity contribution in [3.8, 4) is 11.5 Å². The van der Waals surface area contributed by atoms with Gasteiger partial charge in [-0.05, 0) is 30.3 Å². The number of anilines is 2. The van der Waals surface area contributed by atoms with Gasteiger partial charge in [0.2, 0.25) is 0 Å². The Kier molecular flexibility index (Phi) is 2.68. The minimum absolute atomic E-state index is 0.0176. The predicted molar refractivity (Wildman–Crippen MR) is 71.3 cm³/mol. The van der Waals surface area contributed by atoms with Crippen molar-refractivity contribution < 1.29 is 9.53 Å². The average molecular weight is 260 g/mol. The highest BCUT2D eigenvalue weighted by molar-refractivity contribution is 6.30. The lowest BCUT2D eigenvalue weighted by Crippen LogP contribution is -2.06. The van der Waals surface area contributed by atoms with Gasteiger partial charge in [0.25, 0.3) is 0 Å². The topological polar surface area (TPSA) is 38.3 Å². The number of hydrogen-bond donors (Lipinski definition) is 1. The van der Waals surface area contributed by atoms with Gasteiger partial charge in [0.05, 0.1) is 17.3 Å². The molecule has 0 saturated heterocycles. The van der Waals surface area contributed by atoms with Gasteiger partial charge in [-0.2, -0.15) is 0 Å². The second-order valence-electron chi connectivity index (χ2n) is 3.99. The quantitative estimate of drug-likeness (QED) is 0.559. The summed E-state index contributed by atoms with van der Waals surface area (Å²) < 4.78 is 5.74. The zero-order valence-corrected chi connectivity index (χ0v) is 10.2. The molecule has 0 aliphatic carbocycles. The van der Waals surface area contributed by atoms with E-state index >= 15 is 0 Å². The first-order valence-corrected chi connectivity index (χ1v) is 6.08. The number of para-hydroxylation sites is 2. The van der Waals surface area contributed by atoms with Crippen LogP contribution >= 0.6 is 11.6 Å². The number of fused-ring (bicyclic) bond motifs is 2. The molecular weight excluding hydrogens is 250 g/mol. The Morgan fingerprint density at radius 2 is 1.89 bits per heavy atom. The SMILES string of the molecule is O=C(CCl)c1ccc2c(c1)Nc1ccccc1O2. The maximum absolute atomic E-state index is 11.5. The molecule has 0 saturated carbocycles. The Morgan fingerprint density at radius 1 is 1.11 bits per heavy atom. The number of ether oxygens (including phenoxy) is 1. The Labute approximate surface area is 109 Å². The Balaban J connectivity index is 2.01. The first kappa shape index (κ1) is 11.1. The van der Waals surface area contributed by atoms with Crippen molar-refractivity contribution in [1.82, 2.24) is 0 Å². The molecule has 0 radical (unpaired) electrons. The fourth-order valence-corrected chi connectivity index (χ4v) is 2.04. The van der Waals surface area contributed by atoms with Gasteiger partial charge in [0.1, 0.15) is 0 Å². The molecule has 3 nitrogen and oxygen atoms in total. The van der Waals surface area contributed by atoms with E-state index in [2.05, 4.69) is 5.32 Å². The molecule has 0 bridgehead atoms. The van der Waals surface area contributed by atoms with Crippen molar-refractivity contribution in [3.05, 3.63) is 48.0 Å². The van der Waals surface area contributed by atoms with E-state index in [4.69, 9.17) is 16.3 Å². The molecule has 18 heavy (non-hydrogen) atoms. The number of alkyl halides is 1. The lowest BCUT2D eigenvalue weighted by atomic mass is 10.1. The normalized spacial score (nSPS) is 11.8. The van der Waals surface area contributed by atoms with Crippen LogP contribution in [0.15, 0.2) is 42.5 Å². The van der Waals surface area contributed by atoms with Crippen molar-refractivity contribution in [1.29, 1.82) is 0 Å². The maximum atomic E-state index is 11.5. The molecule has 1 N–H and O–H groups in total. The first-order valence-electron chi connectivity index (χ1n) is 5.55. The lowest BCUT2D eigenvalue weighted by Gasteiger charge is -2.21. The van der Waals surface area contributed by atoms with E-state index in [-0.39, 0.29) is 11.7 Å². The van der Waals surface area contributed by atoms with Crippen LogP contribution < -0.4 is 10.1 Å². The molecule has 0 atom stereocenters. The molecule has 2 aromatic carbocycles. The van der Waals surface area contributed by atoms with E-state index in [0.717, 1.165) is 17.1 Å². The van der Waals surface area contributed by atoms with Crippen molar-refractivity contribution >= 4 is 28.8 Å². The molecule has 4 heteroatoms. The highest BCUT2D eigenvalue weighted by Crippen LogP contribution is 2.41. The molecule has 1 heterocycles. The molecule has 0 amide bonds. The molecule has 0 unspecified atom stereocenters. The molecule has 90 valence electrons. The van der Waals surface area contributed by atoms with Crippen LogP contribution in [-0.4, -0.2) is 11.7 Å². The molecule has 0 fully saturated rings. The van der Waals surface area contributed by atoms with Gasteiger partial charge in [-0.3, -0.25) is 4.79 Å². The van der Waals surface area contributed by atoms with Crippen LogP contribution in [-0.2, 0) is 0 Å². The standard InChI is InChI=1S/C14H10ClNO2/c15-8-12(17)9-5-6-14-11(7-9)16-10-3-1-2-4-13(10)18-14/h1-7,16H,8H2. The fraction of sp³-hybridized carbons (Fsp3) is 0.0714. The van der Waals surface area contributed by atoms with Crippen LogP contribution in [0.25, 0.3) is 0 Å². The summed E-state index contributed by atoms with van der Waals surface area (Å²) in [5, 5.41) is 3.24. The summed E-state index contributed by atoms with van der Waals surface area (Å²) in [6, 6.07) is 12.9. The van der Waals surface area contributed by atoms with Crippen LogP contribution in [0, 0.1) is 0 Å². The number of hydrogen-bond acceptors (Lipinski definition) is 3. The number of Topliss-reactive ketones (excluding diaryl/α,β-unsaturated/α-hetero) is 1. The minimum atomic E-state index is -0.0971. The molecule has 1 aliphatic heterocycles. The van der Waals surface area contributed by atoms with Crippen LogP contribution in [0.3, 0.4) is 0 Å². The lowest BCUT2D eigenvalue weighted by molar-refractivity contribution is 0.102. The summed E-state index contributed by atoms with van der Waals surface area (Å²) in [6.07, 6.45) is 0. The van der Waals surface area contributed by atoms with Gasteiger partial charge in [0.15, 0.2) is 17.3 Å². The fourth-order valence-electron chi connectivity index (χ4n) is 1.89. The van der Waals surface area contributed by atoms with E-state index in [9.17, 15) is 4.79 Å². The summed E-state index contributed by atoms with van der Waals surface area (Å²) in [5.41, 5.74) is 2.25. The van der Waals surface area contributed by atoms with E-state index in [1.807, 2.05) is 24.3 Å². The molecule has 3 rings (SSSR count). The van der Waals surface area contributed by atoms with Crippen LogP contribution in [0.2, 0.25) is 0 Å². The number of carbonyl (C=O) groups excluding carboxylic acids is 1. The van der Waals surface area contributed by atoms with Gasteiger partial charge in [-0.15, -0.1) is 11.6 Å². The molecule has 1 aliphatic rings. The third kappa shape index (κ3) is 1.83. The van der Waals surface area contributed by atoms with E-state index in [1.165, 1.54) is 0 Å². The van der Waals surface area contributed by atoms with Gasteiger partial charge in [-0.1, -0.05) is 12.1 Å². The number of rotatable bonds is 2. The summed E-state index contributed by atoms with van der Waals surface area (Å²) in [5.74, 6) is 1.37. The summed E-state index contributed by atoms with van der Waals surface area (Å²) in [6.45, 7) is 0. The van der Waals surface area contributed by atoms with Crippen molar-refractivity contribution in [2.24, 2.45) is 0 Å². The summed E-state index contributed by atoms with van der Waals surface area (Å²) >= 11 is 5.55. The van der Waals surface area contributed by atoms with Crippen LogP contribution in [0.4, 0.5) is 11.4 Å². The molecule has 0 spiro atoms. The van der Waals surface area contributed by atoms with E-state index < -0.39 is 0 Å². The minimum Gasteiger partial charge on any atom is -0.453 e. The number of benzene rings is 2. The summed E-state index contributed by atoms with van der Waals surface area (Å²) in [4.78, 5) is 11.5. The molecule has 0 aromatic heterocycles. The van der Waals surface area contributed by atoms with Crippen LogP contribution in [0.1, 0.15) is 10.4 Å². The average Bonchev–Trinajstić information content (AvgIpc) is 2.43. The highest BCUT2D eigenvalue weighted by atomic mass is 35.5. The zero-order valence-electron chi connectivity index (χ0n) is 9.44. The maximum Gasteiger partial charge on any atom is 0.177 e. The second kappa shape index (κ2) is 4.35. The van der Waals surface area contributed by atoms with E-state index in [0.29, 0.717) is 11.3 Å². The van der Waals surface area contributed by atoms with E-state index in [1.54, 1.807) is 18.2 Å². The number of carbonyl (C=O) groups is 1. The van der Waals surface area contributed by atoms with Crippen molar-refractivity contribution in [3.63, 3.8) is 0 Å². The monoisotopic (exact) mass is 259 g/mol. The van der Waals surface area contributed by atoms with Crippen LogP contribution in [0.5, 0.6) is 11.5 Å². The Morgan fingerprint density at radius 3 is 2.72 bits per heavy atom. The van der Waals surface area contributed by atoms with Gasteiger partial charge >= 0.3 is 0 Å². The third-order valence-corrected chi connectivity index (χ3v) is 3.04. The zero-order chi connectivity index (χ0) is 12.5. The van der Waals surface area contributed by atoms with Gasteiger partial charge in [-0.25, -0.2) is 0 Å². The Hall–Kier alpha value is -2.00. The Bertz CT molecular complexity index is 625. The largest absolute Gasteiger partial charge is 0.453 e. The third-order valence-electron chi connectivity index (χ3n) is 2.80. The van der Waals surface area contributed by atoms with Crippen molar-refractivity contribution in [2.45, 2.75) is 0 Å². The van der Waals surface area contributed by atoms with Gasteiger partial charge < -0.3 is 10.1 Å². The number of halogens is 1. The second-order valence-corrected chi connectivity index (χ2v) is 4.26. The number of ketones is 1. The first-order chi connectivity index (χ1) is 8.78. The number of nitrogens with one attached hydrogen (secondary N) is 1.